The number of nitrogens with one attached hydrogen (secondary N) is 2. The molecule has 0 aliphatic carbocycles. The summed E-state index contributed by atoms with van der Waals surface area (Å²) in [4.78, 5) is 24.4. The van der Waals surface area contributed by atoms with Gasteiger partial charge in [-0.2, -0.15) is 4.31 Å². The predicted octanol–water partition coefficient (Wildman–Crippen LogP) is 3.13. The molecule has 0 saturated carbocycles. The number of amides is 2. The summed E-state index contributed by atoms with van der Waals surface area (Å²) in [5, 5.41) is 4.74. The number of sulfonamides is 1. The number of hydrogen-bond acceptors (Lipinski definition) is 4. The SMILES string of the molecule is Cc1ccc(C)c(S(=O)(=O)N2CCCC[C@H]2CCNC(=O)C(=O)Nc2ccccc2F)c1. The fourth-order valence-electron chi connectivity index (χ4n) is 3.86. The zero-order chi connectivity index (χ0) is 23.3. The van der Waals surface area contributed by atoms with Crippen molar-refractivity contribution in [2.45, 2.75) is 50.5 Å². The quantitative estimate of drug-likeness (QED) is 0.646. The van der Waals surface area contributed by atoms with Crippen LogP contribution in [0.15, 0.2) is 47.4 Å². The summed E-state index contributed by atoms with van der Waals surface area (Å²) in [6.07, 6.45) is 2.73. The number of halogens is 1. The maximum atomic E-state index is 13.6. The van der Waals surface area contributed by atoms with E-state index in [1.165, 1.54) is 22.5 Å². The first-order valence-electron chi connectivity index (χ1n) is 10.6. The van der Waals surface area contributed by atoms with Gasteiger partial charge < -0.3 is 10.6 Å². The van der Waals surface area contributed by atoms with E-state index < -0.39 is 27.7 Å². The first-order valence-corrected chi connectivity index (χ1v) is 12.1. The average molecular weight is 462 g/mol. The molecular weight excluding hydrogens is 433 g/mol. The van der Waals surface area contributed by atoms with Crippen LogP contribution in [-0.2, 0) is 19.6 Å². The molecule has 1 aliphatic rings. The van der Waals surface area contributed by atoms with E-state index in [0.29, 0.717) is 29.8 Å². The van der Waals surface area contributed by atoms with Crippen LogP contribution in [-0.4, -0.2) is 43.7 Å². The number of hydrogen-bond donors (Lipinski definition) is 2. The summed E-state index contributed by atoms with van der Waals surface area (Å²) in [5.41, 5.74) is 1.49. The highest BCUT2D eigenvalue weighted by Crippen LogP contribution is 2.29. The molecule has 1 heterocycles. The molecule has 1 aliphatic heterocycles. The minimum atomic E-state index is -3.68. The second kappa shape index (κ2) is 10.2. The van der Waals surface area contributed by atoms with Crippen LogP contribution in [0.5, 0.6) is 0 Å². The Morgan fingerprint density at radius 1 is 1.09 bits per heavy atom. The van der Waals surface area contributed by atoms with Gasteiger partial charge in [-0.15, -0.1) is 0 Å². The van der Waals surface area contributed by atoms with Crippen LogP contribution in [0.2, 0.25) is 0 Å². The Balaban J connectivity index is 1.62. The fourth-order valence-corrected chi connectivity index (χ4v) is 5.90. The Labute approximate surface area is 188 Å². The number of piperidine rings is 1. The van der Waals surface area contributed by atoms with Gasteiger partial charge in [-0.25, -0.2) is 12.8 Å². The number of benzene rings is 2. The molecule has 0 aromatic heterocycles. The first kappa shape index (κ1) is 23.9. The number of rotatable bonds is 6. The second-order valence-electron chi connectivity index (χ2n) is 8.01. The maximum absolute atomic E-state index is 13.6. The van der Waals surface area contributed by atoms with Crippen LogP contribution in [0.25, 0.3) is 0 Å². The minimum absolute atomic E-state index is 0.0780. The number of carbonyl (C=O) groups excluding carboxylic acids is 2. The lowest BCUT2D eigenvalue weighted by molar-refractivity contribution is -0.136. The van der Waals surface area contributed by atoms with E-state index in [1.54, 1.807) is 25.1 Å². The van der Waals surface area contributed by atoms with Crippen LogP contribution in [0.4, 0.5) is 10.1 Å². The van der Waals surface area contributed by atoms with Crippen molar-refractivity contribution >= 4 is 27.5 Å². The Kier molecular flexibility index (Phi) is 7.63. The summed E-state index contributed by atoms with van der Waals surface area (Å²) < 4.78 is 41.9. The van der Waals surface area contributed by atoms with Crippen molar-refractivity contribution in [3.8, 4) is 0 Å². The molecule has 7 nitrogen and oxygen atoms in total. The van der Waals surface area contributed by atoms with Gasteiger partial charge in [-0.1, -0.05) is 30.7 Å². The third kappa shape index (κ3) is 5.52. The Hall–Kier alpha value is -2.78. The smallest absolute Gasteiger partial charge is 0.313 e. The number of aryl methyl sites for hydroxylation is 2. The number of carbonyl (C=O) groups is 2. The number of anilines is 1. The lowest BCUT2D eigenvalue weighted by Gasteiger charge is -2.35. The van der Waals surface area contributed by atoms with Gasteiger partial charge in [0.25, 0.3) is 0 Å². The van der Waals surface area contributed by atoms with Gasteiger partial charge in [0, 0.05) is 19.1 Å². The van der Waals surface area contributed by atoms with E-state index in [-0.39, 0.29) is 18.3 Å². The summed E-state index contributed by atoms with van der Waals surface area (Å²) in [6, 6.07) is 10.7. The maximum Gasteiger partial charge on any atom is 0.313 e. The van der Waals surface area contributed by atoms with Crippen molar-refractivity contribution in [1.29, 1.82) is 0 Å². The Morgan fingerprint density at radius 2 is 1.84 bits per heavy atom. The number of para-hydroxylation sites is 1. The Bertz CT molecular complexity index is 1100. The van der Waals surface area contributed by atoms with Crippen LogP contribution in [0.1, 0.15) is 36.8 Å². The first-order chi connectivity index (χ1) is 15.2. The molecule has 2 N–H and O–H groups in total. The van der Waals surface area contributed by atoms with E-state index in [4.69, 9.17) is 0 Å². The molecule has 32 heavy (non-hydrogen) atoms. The molecule has 2 amide bonds. The molecule has 2 aromatic carbocycles. The van der Waals surface area contributed by atoms with E-state index in [0.717, 1.165) is 18.4 Å². The van der Waals surface area contributed by atoms with Gasteiger partial charge in [-0.05, 0) is 62.4 Å². The molecule has 0 bridgehead atoms. The van der Waals surface area contributed by atoms with Crippen LogP contribution in [0, 0.1) is 19.7 Å². The zero-order valence-electron chi connectivity index (χ0n) is 18.2. The predicted molar refractivity (Wildman–Crippen MR) is 120 cm³/mol. The van der Waals surface area contributed by atoms with Crippen molar-refractivity contribution in [2.75, 3.05) is 18.4 Å². The molecule has 2 aromatic rings. The van der Waals surface area contributed by atoms with E-state index in [2.05, 4.69) is 10.6 Å². The molecule has 172 valence electrons. The molecule has 1 saturated heterocycles. The van der Waals surface area contributed by atoms with Crippen LogP contribution in [0.3, 0.4) is 0 Å². The number of nitrogens with zero attached hydrogens (tertiary/aromatic N) is 1. The lowest BCUT2D eigenvalue weighted by Crippen LogP contribution is -2.46. The fraction of sp³-hybridized carbons (Fsp3) is 0.391. The highest BCUT2D eigenvalue weighted by Gasteiger charge is 2.34. The topological polar surface area (TPSA) is 95.6 Å². The molecule has 0 unspecified atom stereocenters. The van der Waals surface area contributed by atoms with Gasteiger partial charge in [-0.3, -0.25) is 9.59 Å². The minimum Gasteiger partial charge on any atom is -0.348 e. The molecule has 1 fully saturated rings. The van der Waals surface area contributed by atoms with Crippen molar-refractivity contribution in [3.63, 3.8) is 0 Å². The largest absolute Gasteiger partial charge is 0.348 e. The normalized spacial score (nSPS) is 17.0. The summed E-state index contributed by atoms with van der Waals surface area (Å²) in [5.74, 6) is -2.50. The van der Waals surface area contributed by atoms with Gasteiger partial charge in [0.1, 0.15) is 5.82 Å². The highest BCUT2D eigenvalue weighted by atomic mass is 32.2. The zero-order valence-corrected chi connectivity index (χ0v) is 19.0. The van der Waals surface area contributed by atoms with E-state index >= 15 is 0 Å². The average Bonchev–Trinajstić information content (AvgIpc) is 2.77. The van der Waals surface area contributed by atoms with Gasteiger partial charge in [0.15, 0.2) is 0 Å². The lowest BCUT2D eigenvalue weighted by atomic mass is 10.0. The monoisotopic (exact) mass is 461 g/mol. The van der Waals surface area contributed by atoms with Crippen molar-refractivity contribution in [1.82, 2.24) is 9.62 Å². The Morgan fingerprint density at radius 3 is 2.59 bits per heavy atom. The summed E-state index contributed by atoms with van der Waals surface area (Å²) in [7, 11) is -3.68. The van der Waals surface area contributed by atoms with E-state index in [9.17, 15) is 22.4 Å². The van der Waals surface area contributed by atoms with Crippen LogP contribution < -0.4 is 10.6 Å². The third-order valence-corrected chi connectivity index (χ3v) is 7.69. The highest BCUT2D eigenvalue weighted by molar-refractivity contribution is 7.89. The van der Waals surface area contributed by atoms with Crippen molar-refractivity contribution in [3.05, 3.63) is 59.4 Å². The molecule has 1 atom stereocenters. The van der Waals surface area contributed by atoms with E-state index in [1.807, 2.05) is 13.0 Å². The summed E-state index contributed by atoms with van der Waals surface area (Å²) in [6.45, 7) is 4.18. The van der Waals surface area contributed by atoms with Gasteiger partial charge >= 0.3 is 11.8 Å². The molecule has 3 rings (SSSR count). The summed E-state index contributed by atoms with van der Waals surface area (Å²) >= 11 is 0. The third-order valence-electron chi connectivity index (χ3n) is 5.59. The molecule has 9 heteroatoms. The molecule has 0 radical (unpaired) electrons. The van der Waals surface area contributed by atoms with Crippen LogP contribution >= 0.6 is 0 Å². The standard InChI is InChI=1S/C23H28FN3O4S/c1-16-10-11-17(2)21(15-16)32(30,31)27-14-6-5-7-18(27)12-13-25-22(28)23(29)26-20-9-4-3-8-19(20)24/h3-4,8-11,15,18H,5-7,12-14H2,1-2H3,(H,25,28)(H,26,29)/t18-/m0/s1. The molecule has 0 spiro atoms. The van der Waals surface area contributed by atoms with Crippen molar-refractivity contribution in [2.24, 2.45) is 0 Å². The second-order valence-corrected chi connectivity index (χ2v) is 9.87. The van der Waals surface area contributed by atoms with Gasteiger partial charge in [0.05, 0.1) is 10.6 Å². The van der Waals surface area contributed by atoms with Crippen molar-refractivity contribution < 1.29 is 22.4 Å². The van der Waals surface area contributed by atoms with Gasteiger partial charge in [0.2, 0.25) is 10.0 Å². The molecular formula is C23H28FN3O4S.